The van der Waals surface area contributed by atoms with E-state index in [1.807, 2.05) is 40.5 Å². The van der Waals surface area contributed by atoms with Gasteiger partial charge in [0.05, 0.1) is 0 Å². The zero-order valence-corrected chi connectivity index (χ0v) is 15.7. The summed E-state index contributed by atoms with van der Waals surface area (Å²) < 4.78 is 0. The second kappa shape index (κ2) is 7.62. The average molecular weight is 369 g/mol. The van der Waals surface area contributed by atoms with Crippen molar-refractivity contribution in [3.63, 3.8) is 0 Å². The second-order valence-corrected chi connectivity index (χ2v) is 8.25. The van der Waals surface area contributed by atoms with Crippen molar-refractivity contribution < 1.29 is 9.59 Å². The first-order chi connectivity index (χ1) is 12.7. The highest BCUT2D eigenvalue weighted by Gasteiger charge is 2.26. The molecule has 2 saturated heterocycles. The lowest BCUT2D eigenvalue weighted by molar-refractivity contribution is -0.117. The highest BCUT2D eigenvalue weighted by Crippen LogP contribution is 2.26. The fraction of sp³-hybridized carbons (Fsp3) is 0.429. The van der Waals surface area contributed by atoms with E-state index in [4.69, 9.17) is 0 Å². The Morgan fingerprint density at radius 1 is 1.12 bits per heavy atom. The Balaban J connectivity index is 1.38. The van der Waals surface area contributed by atoms with Gasteiger partial charge in [-0.05, 0) is 61.2 Å². The molecule has 2 aromatic rings. The minimum atomic E-state index is 0.0908. The fourth-order valence-electron chi connectivity index (χ4n) is 3.96. The normalized spacial score (nSPS) is 18.5. The van der Waals surface area contributed by atoms with Gasteiger partial charge < -0.3 is 9.80 Å². The van der Waals surface area contributed by atoms with E-state index in [1.165, 1.54) is 4.88 Å². The average Bonchev–Trinajstić information content (AvgIpc) is 3.33. The summed E-state index contributed by atoms with van der Waals surface area (Å²) in [6.45, 7) is 2.40. The number of thiophene rings is 1. The Morgan fingerprint density at radius 2 is 1.96 bits per heavy atom. The van der Waals surface area contributed by atoms with Crippen LogP contribution in [0.1, 0.15) is 40.9 Å². The summed E-state index contributed by atoms with van der Waals surface area (Å²) in [5, 5.41) is 2.13. The van der Waals surface area contributed by atoms with Gasteiger partial charge in [0.2, 0.25) is 5.91 Å². The summed E-state index contributed by atoms with van der Waals surface area (Å²) in [6, 6.07) is 11.9. The monoisotopic (exact) mass is 368 g/mol. The number of carbonyl (C=O) groups is 2. The number of carbonyl (C=O) groups excluding carboxylic acids is 2. The van der Waals surface area contributed by atoms with Crippen LogP contribution in [0, 0.1) is 5.92 Å². The molecule has 1 aromatic carbocycles. The molecule has 0 unspecified atom stereocenters. The minimum Gasteiger partial charge on any atom is -0.339 e. The third kappa shape index (κ3) is 3.68. The van der Waals surface area contributed by atoms with Gasteiger partial charge in [0.25, 0.3) is 5.91 Å². The Kier molecular flexibility index (Phi) is 5.07. The largest absolute Gasteiger partial charge is 0.339 e. The summed E-state index contributed by atoms with van der Waals surface area (Å²) in [5.41, 5.74) is 1.55. The number of anilines is 1. The lowest BCUT2D eigenvalue weighted by Gasteiger charge is -2.32. The molecule has 136 valence electrons. The van der Waals surface area contributed by atoms with Crippen LogP contribution in [0.25, 0.3) is 0 Å². The Morgan fingerprint density at radius 3 is 2.65 bits per heavy atom. The van der Waals surface area contributed by atoms with E-state index in [2.05, 4.69) is 17.5 Å². The smallest absolute Gasteiger partial charge is 0.253 e. The van der Waals surface area contributed by atoms with Crippen molar-refractivity contribution in [2.45, 2.75) is 32.1 Å². The lowest BCUT2D eigenvalue weighted by atomic mass is 9.92. The van der Waals surface area contributed by atoms with Gasteiger partial charge in [0.1, 0.15) is 0 Å². The topological polar surface area (TPSA) is 40.6 Å². The maximum Gasteiger partial charge on any atom is 0.253 e. The second-order valence-electron chi connectivity index (χ2n) is 7.22. The maximum absolute atomic E-state index is 12.9. The van der Waals surface area contributed by atoms with Crippen molar-refractivity contribution in [1.82, 2.24) is 4.90 Å². The number of hydrogen-bond donors (Lipinski definition) is 0. The zero-order chi connectivity index (χ0) is 17.9. The van der Waals surface area contributed by atoms with Crippen molar-refractivity contribution in [2.24, 2.45) is 5.92 Å². The van der Waals surface area contributed by atoms with E-state index < -0.39 is 0 Å². The van der Waals surface area contributed by atoms with Crippen LogP contribution >= 0.6 is 11.3 Å². The van der Waals surface area contributed by atoms with E-state index in [1.54, 1.807) is 4.90 Å². The SMILES string of the molecule is O=C(c1cccc(N2CCCC2=O)c1)N1CCC(Cc2cccs2)CC1. The van der Waals surface area contributed by atoms with Gasteiger partial charge in [-0.3, -0.25) is 9.59 Å². The lowest BCUT2D eigenvalue weighted by Crippen LogP contribution is -2.39. The number of benzene rings is 1. The standard InChI is InChI=1S/C21H24N2O2S/c24-20-7-2-10-23(20)18-5-1-4-17(15-18)21(25)22-11-8-16(9-12-22)14-19-6-3-13-26-19/h1,3-6,13,15-16H,2,7-12,14H2. The first kappa shape index (κ1) is 17.3. The van der Waals surface area contributed by atoms with Crippen molar-refractivity contribution in [3.8, 4) is 0 Å². The molecule has 0 aliphatic carbocycles. The molecule has 0 saturated carbocycles. The van der Waals surface area contributed by atoms with Crippen LogP contribution in [0.5, 0.6) is 0 Å². The molecule has 2 aliphatic heterocycles. The highest BCUT2D eigenvalue weighted by atomic mass is 32.1. The molecule has 0 atom stereocenters. The molecular formula is C21H24N2O2S. The first-order valence-electron chi connectivity index (χ1n) is 9.43. The third-order valence-corrected chi connectivity index (χ3v) is 6.35. The predicted octanol–water partition coefficient (Wildman–Crippen LogP) is 3.97. The molecule has 5 heteroatoms. The first-order valence-corrected chi connectivity index (χ1v) is 10.3. The summed E-state index contributed by atoms with van der Waals surface area (Å²) in [5.74, 6) is 0.920. The molecule has 0 N–H and O–H groups in total. The fourth-order valence-corrected chi connectivity index (χ4v) is 4.78. The number of nitrogens with zero attached hydrogens (tertiary/aromatic N) is 2. The van der Waals surface area contributed by atoms with E-state index in [0.29, 0.717) is 17.9 Å². The maximum atomic E-state index is 12.9. The molecule has 0 radical (unpaired) electrons. The van der Waals surface area contributed by atoms with E-state index >= 15 is 0 Å². The number of hydrogen-bond acceptors (Lipinski definition) is 3. The molecule has 3 heterocycles. The van der Waals surface area contributed by atoms with Gasteiger partial charge in [-0.2, -0.15) is 0 Å². The number of piperidine rings is 1. The summed E-state index contributed by atoms with van der Waals surface area (Å²) in [4.78, 5) is 30.1. The summed E-state index contributed by atoms with van der Waals surface area (Å²) in [6.07, 6.45) is 4.76. The van der Waals surface area contributed by atoms with Gasteiger partial charge in [0.15, 0.2) is 0 Å². The van der Waals surface area contributed by atoms with Crippen LogP contribution in [0.2, 0.25) is 0 Å². The van der Waals surface area contributed by atoms with Crippen LogP contribution in [0.3, 0.4) is 0 Å². The molecule has 2 aliphatic rings. The Bertz CT molecular complexity index is 779. The summed E-state index contributed by atoms with van der Waals surface area (Å²) >= 11 is 1.82. The summed E-state index contributed by atoms with van der Waals surface area (Å²) in [7, 11) is 0. The minimum absolute atomic E-state index is 0.0908. The molecule has 4 rings (SSSR count). The van der Waals surface area contributed by atoms with Gasteiger partial charge >= 0.3 is 0 Å². The Labute approximate surface area is 158 Å². The predicted molar refractivity (Wildman–Crippen MR) is 105 cm³/mol. The number of rotatable bonds is 4. The molecule has 4 nitrogen and oxygen atoms in total. The van der Waals surface area contributed by atoms with Crippen molar-refractivity contribution in [3.05, 3.63) is 52.2 Å². The van der Waals surface area contributed by atoms with Crippen LogP contribution in [0.4, 0.5) is 5.69 Å². The quantitative estimate of drug-likeness (QED) is 0.819. The van der Waals surface area contributed by atoms with Crippen LogP contribution in [0.15, 0.2) is 41.8 Å². The molecule has 26 heavy (non-hydrogen) atoms. The molecular weight excluding hydrogens is 344 g/mol. The molecule has 0 bridgehead atoms. The van der Waals surface area contributed by atoms with Crippen molar-refractivity contribution in [2.75, 3.05) is 24.5 Å². The van der Waals surface area contributed by atoms with Crippen LogP contribution in [-0.2, 0) is 11.2 Å². The Hall–Kier alpha value is -2.14. The van der Waals surface area contributed by atoms with Gasteiger partial charge in [-0.15, -0.1) is 11.3 Å². The molecule has 2 amide bonds. The number of amides is 2. The third-order valence-electron chi connectivity index (χ3n) is 5.45. The van der Waals surface area contributed by atoms with Gasteiger partial charge in [0, 0.05) is 42.2 Å². The highest BCUT2D eigenvalue weighted by molar-refractivity contribution is 7.09. The van der Waals surface area contributed by atoms with E-state index in [-0.39, 0.29) is 11.8 Å². The van der Waals surface area contributed by atoms with Gasteiger partial charge in [-0.25, -0.2) is 0 Å². The molecule has 1 aromatic heterocycles. The van der Waals surface area contributed by atoms with Crippen molar-refractivity contribution in [1.29, 1.82) is 0 Å². The van der Waals surface area contributed by atoms with E-state index in [9.17, 15) is 9.59 Å². The van der Waals surface area contributed by atoms with Crippen LogP contribution in [-0.4, -0.2) is 36.3 Å². The van der Waals surface area contributed by atoms with Crippen LogP contribution < -0.4 is 4.90 Å². The van der Waals surface area contributed by atoms with Crippen molar-refractivity contribution >= 4 is 28.8 Å². The van der Waals surface area contributed by atoms with Gasteiger partial charge in [-0.1, -0.05) is 12.1 Å². The zero-order valence-electron chi connectivity index (χ0n) is 14.9. The molecule has 2 fully saturated rings. The van der Waals surface area contributed by atoms with E-state index in [0.717, 1.165) is 51.0 Å². The number of likely N-dealkylation sites (tertiary alicyclic amines) is 1. The molecule has 0 spiro atoms.